The molecule has 1 aromatic carbocycles. The number of nitrogens with zero attached hydrogens (tertiary/aromatic N) is 4. The second-order valence-electron chi connectivity index (χ2n) is 6.24. The van der Waals surface area contributed by atoms with Crippen LogP contribution in [0.2, 0.25) is 0 Å². The molecule has 0 unspecified atom stereocenters. The molecule has 1 saturated heterocycles. The predicted octanol–water partition coefficient (Wildman–Crippen LogP) is 1.76. The molecule has 3 heterocycles. The van der Waals surface area contributed by atoms with Gasteiger partial charge < -0.3 is 14.8 Å². The number of aromatic nitrogens is 4. The van der Waals surface area contributed by atoms with E-state index in [9.17, 15) is 14.3 Å². The Hall–Kier alpha value is -2.95. The van der Waals surface area contributed by atoms with E-state index in [-0.39, 0.29) is 22.9 Å². The molecule has 0 bridgehead atoms. The molecular weight excluding hydrogens is 369 g/mol. The molecule has 0 spiro atoms. The summed E-state index contributed by atoms with van der Waals surface area (Å²) >= 11 is 0. The van der Waals surface area contributed by atoms with Gasteiger partial charge in [-0.05, 0) is 12.1 Å². The molecule has 9 nitrogen and oxygen atoms in total. The summed E-state index contributed by atoms with van der Waals surface area (Å²) in [4.78, 5) is 24.8. The summed E-state index contributed by atoms with van der Waals surface area (Å²) in [5, 5.41) is 13.9. The molecule has 4 rings (SSSR count). The van der Waals surface area contributed by atoms with Crippen molar-refractivity contribution < 1.29 is 23.8 Å². The standard InChI is InChI=1S/C18H17FN5O4/c1-27-14-11(7-25)28-18(12(14)19)24-9-22-13-15(20-8-21-16(13)24)23-17(26)10-5-3-2-4-6-10/h2-6,8-9,11-12,14,18H,7H2,1H3,(H,20,21,23,26)/t11-,12-,14-,18-/m1/s1. The number of carbonyl (C=O) groups is 1. The van der Waals surface area contributed by atoms with Crippen molar-refractivity contribution in [2.24, 2.45) is 0 Å². The van der Waals surface area contributed by atoms with Gasteiger partial charge in [-0.3, -0.25) is 9.36 Å². The van der Waals surface area contributed by atoms with Crippen LogP contribution < -0.4 is 5.32 Å². The number of alkyl halides is 1. The number of fused-ring (bicyclic) bond motifs is 1. The highest BCUT2D eigenvalue weighted by atomic mass is 19.1. The van der Waals surface area contributed by atoms with E-state index >= 15 is 0 Å². The zero-order valence-electron chi connectivity index (χ0n) is 14.9. The molecule has 3 aromatic rings. The zero-order chi connectivity index (χ0) is 19.7. The average molecular weight is 386 g/mol. The van der Waals surface area contributed by atoms with Crippen LogP contribution in [0.15, 0.2) is 43.0 Å². The van der Waals surface area contributed by atoms with Crippen molar-refractivity contribution >= 4 is 22.9 Å². The Morgan fingerprint density at radius 1 is 1.29 bits per heavy atom. The number of anilines is 1. The minimum atomic E-state index is -1.57. The van der Waals surface area contributed by atoms with Gasteiger partial charge in [-0.15, -0.1) is 0 Å². The van der Waals surface area contributed by atoms with E-state index in [4.69, 9.17) is 9.47 Å². The molecule has 4 atom stereocenters. The van der Waals surface area contributed by atoms with Crippen LogP contribution in [-0.2, 0) is 14.6 Å². The van der Waals surface area contributed by atoms with Gasteiger partial charge in [0.15, 0.2) is 29.4 Å². The fourth-order valence-electron chi connectivity index (χ4n) is 3.23. The summed E-state index contributed by atoms with van der Waals surface area (Å²) in [5.74, 6) is -0.170. The zero-order valence-corrected chi connectivity index (χ0v) is 14.9. The number of amides is 1. The van der Waals surface area contributed by atoms with Crippen molar-refractivity contribution in [3.8, 4) is 0 Å². The normalized spacial score (nSPS) is 24.5. The van der Waals surface area contributed by atoms with Gasteiger partial charge in [0, 0.05) is 12.7 Å². The van der Waals surface area contributed by atoms with Crippen LogP contribution in [0.1, 0.15) is 16.6 Å². The minimum Gasteiger partial charge on any atom is -0.375 e. The number of hydrogen-bond donors (Lipinski definition) is 1. The molecule has 1 N–H and O–H groups in total. The topological polar surface area (TPSA) is 111 Å². The highest BCUT2D eigenvalue weighted by Crippen LogP contribution is 2.35. The minimum absolute atomic E-state index is 0.190. The fraction of sp³-hybridized carbons (Fsp3) is 0.333. The van der Waals surface area contributed by atoms with Crippen LogP contribution in [0.4, 0.5) is 10.2 Å². The van der Waals surface area contributed by atoms with E-state index in [1.807, 2.05) is 0 Å². The fourth-order valence-corrected chi connectivity index (χ4v) is 3.23. The highest BCUT2D eigenvalue weighted by molar-refractivity contribution is 6.06. The van der Waals surface area contributed by atoms with Crippen molar-refractivity contribution in [2.45, 2.75) is 24.6 Å². The summed E-state index contributed by atoms with van der Waals surface area (Å²) in [6.07, 6.45) is -1.99. The Kier molecular flexibility index (Phi) is 4.99. The largest absolute Gasteiger partial charge is 0.375 e. The summed E-state index contributed by atoms with van der Waals surface area (Å²) in [6, 6.07) is 8.63. The molecule has 1 aliphatic heterocycles. The summed E-state index contributed by atoms with van der Waals surface area (Å²) < 4.78 is 26.7. The third kappa shape index (κ3) is 3.11. The maximum absolute atomic E-state index is 14.8. The smallest absolute Gasteiger partial charge is 0.256 e. The summed E-state index contributed by atoms with van der Waals surface area (Å²) in [7, 11) is 1.33. The van der Waals surface area contributed by atoms with Crippen molar-refractivity contribution in [3.63, 3.8) is 0 Å². The molecule has 1 radical (unpaired) electrons. The molecule has 145 valence electrons. The Balaban J connectivity index is 1.65. The van der Waals surface area contributed by atoms with E-state index in [0.29, 0.717) is 5.56 Å². The summed E-state index contributed by atoms with van der Waals surface area (Å²) in [6.45, 7) is -0.630. The molecule has 1 aliphatic rings. The quantitative estimate of drug-likeness (QED) is 0.715. The second kappa shape index (κ2) is 7.58. The Bertz CT molecular complexity index is 983. The number of imidazole rings is 1. The predicted molar refractivity (Wildman–Crippen MR) is 94.9 cm³/mol. The van der Waals surface area contributed by atoms with Crippen LogP contribution in [0.5, 0.6) is 0 Å². The molecule has 2 aromatic heterocycles. The lowest BCUT2D eigenvalue weighted by molar-refractivity contribution is -0.0652. The third-order valence-corrected chi connectivity index (χ3v) is 4.60. The Morgan fingerprint density at radius 3 is 2.75 bits per heavy atom. The number of hydrogen-bond acceptors (Lipinski definition) is 6. The number of carbonyl (C=O) groups excluding carboxylic acids is 1. The molecule has 0 aliphatic carbocycles. The van der Waals surface area contributed by atoms with Crippen molar-refractivity contribution in [1.29, 1.82) is 0 Å². The molecule has 28 heavy (non-hydrogen) atoms. The third-order valence-electron chi connectivity index (χ3n) is 4.60. The number of nitrogens with one attached hydrogen (secondary N) is 1. The van der Waals surface area contributed by atoms with Gasteiger partial charge in [0.2, 0.25) is 0 Å². The van der Waals surface area contributed by atoms with E-state index in [0.717, 1.165) is 0 Å². The van der Waals surface area contributed by atoms with Gasteiger partial charge in [0.1, 0.15) is 25.1 Å². The van der Waals surface area contributed by atoms with E-state index in [1.54, 1.807) is 30.3 Å². The highest BCUT2D eigenvalue weighted by Gasteiger charge is 2.47. The molecule has 1 amide bonds. The van der Waals surface area contributed by atoms with Crippen molar-refractivity contribution in [2.75, 3.05) is 19.0 Å². The van der Waals surface area contributed by atoms with Crippen LogP contribution in [-0.4, -0.2) is 57.5 Å². The SMILES string of the molecule is CO[C@H]1[C@@H](F)[C@H](n2cnc3c(NC(=O)c4ccccc4)ncnc32)O[C@@H]1C[O]. The molecular formula is C18H17FN5O4. The number of methoxy groups -OCH3 is 1. The average Bonchev–Trinajstić information content (AvgIpc) is 3.29. The van der Waals surface area contributed by atoms with Crippen LogP contribution in [0.3, 0.4) is 0 Å². The van der Waals surface area contributed by atoms with Gasteiger partial charge in [0.05, 0.1) is 6.33 Å². The first-order valence-corrected chi connectivity index (χ1v) is 8.58. The lowest BCUT2D eigenvalue weighted by atomic mass is 10.1. The van der Waals surface area contributed by atoms with E-state index < -0.39 is 31.2 Å². The molecule has 1 fully saturated rings. The van der Waals surface area contributed by atoms with Crippen LogP contribution in [0.25, 0.3) is 11.2 Å². The first-order valence-electron chi connectivity index (χ1n) is 8.58. The number of rotatable bonds is 5. The number of halogens is 1. The summed E-state index contributed by atoms with van der Waals surface area (Å²) in [5.41, 5.74) is 1.01. The van der Waals surface area contributed by atoms with Gasteiger partial charge >= 0.3 is 0 Å². The van der Waals surface area contributed by atoms with Gasteiger partial charge in [-0.25, -0.2) is 24.4 Å². The Morgan fingerprint density at radius 2 is 2.07 bits per heavy atom. The van der Waals surface area contributed by atoms with Crippen LogP contribution >= 0.6 is 0 Å². The number of ether oxygens (including phenoxy) is 2. The monoisotopic (exact) mass is 386 g/mol. The van der Waals surface area contributed by atoms with Gasteiger partial charge in [-0.2, -0.15) is 0 Å². The number of benzene rings is 1. The van der Waals surface area contributed by atoms with E-state index in [1.165, 1.54) is 24.3 Å². The maximum Gasteiger partial charge on any atom is 0.256 e. The second-order valence-corrected chi connectivity index (χ2v) is 6.24. The first-order chi connectivity index (χ1) is 13.6. The van der Waals surface area contributed by atoms with Gasteiger partial charge in [-0.1, -0.05) is 18.2 Å². The van der Waals surface area contributed by atoms with E-state index in [2.05, 4.69) is 20.3 Å². The van der Waals surface area contributed by atoms with Crippen molar-refractivity contribution in [1.82, 2.24) is 19.5 Å². The lowest BCUT2D eigenvalue weighted by Crippen LogP contribution is -2.32. The van der Waals surface area contributed by atoms with Crippen LogP contribution in [0, 0.1) is 0 Å². The molecule has 0 saturated carbocycles. The lowest BCUT2D eigenvalue weighted by Gasteiger charge is -2.15. The molecule has 10 heteroatoms. The Labute approximate surface area is 159 Å². The van der Waals surface area contributed by atoms with Gasteiger partial charge in [0.25, 0.3) is 5.91 Å². The first kappa shape index (κ1) is 18.4. The maximum atomic E-state index is 14.8. The van der Waals surface area contributed by atoms with Crippen molar-refractivity contribution in [3.05, 3.63) is 48.5 Å².